The molecule has 1 amide bonds. The van der Waals surface area contributed by atoms with Crippen LogP contribution in [-0.4, -0.2) is 61.0 Å². The third kappa shape index (κ3) is 3.45. The summed E-state index contributed by atoms with van der Waals surface area (Å²) in [5, 5.41) is 3.37. The lowest BCUT2D eigenvalue weighted by atomic mass is 10.0. The topological polar surface area (TPSA) is 35.6 Å². The molecule has 2 heterocycles. The molecule has 18 heavy (non-hydrogen) atoms. The number of likely N-dealkylation sites (tertiary alicyclic amines) is 1. The first-order valence-corrected chi connectivity index (χ1v) is 7.39. The molecular weight excluding hydrogens is 226 g/mol. The number of nitrogens with one attached hydrogen (secondary N) is 1. The highest BCUT2D eigenvalue weighted by Crippen LogP contribution is 2.17. The Morgan fingerprint density at radius 2 is 2.00 bits per heavy atom. The number of hydrogen-bond acceptors (Lipinski definition) is 3. The lowest BCUT2D eigenvalue weighted by Gasteiger charge is -2.37. The molecule has 0 saturated carbocycles. The van der Waals surface area contributed by atoms with E-state index in [9.17, 15) is 4.79 Å². The van der Waals surface area contributed by atoms with Gasteiger partial charge in [-0.2, -0.15) is 0 Å². The summed E-state index contributed by atoms with van der Waals surface area (Å²) >= 11 is 0. The van der Waals surface area contributed by atoms with E-state index in [1.165, 1.54) is 32.1 Å². The second-order valence-corrected chi connectivity index (χ2v) is 5.83. The predicted molar refractivity (Wildman–Crippen MR) is 73.5 cm³/mol. The van der Waals surface area contributed by atoms with Gasteiger partial charge in [0.15, 0.2) is 0 Å². The van der Waals surface area contributed by atoms with Crippen molar-refractivity contribution in [1.82, 2.24) is 15.1 Å². The second kappa shape index (κ2) is 6.53. The molecule has 0 aromatic carbocycles. The maximum Gasteiger partial charge on any atom is 0.236 e. The second-order valence-electron chi connectivity index (χ2n) is 5.83. The van der Waals surface area contributed by atoms with E-state index in [0.717, 1.165) is 19.6 Å². The van der Waals surface area contributed by atoms with E-state index in [1.54, 1.807) is 0 Å². The highest BCUT2D eigenvalue weighted by molar-refractivity contribution is 5.78. The Morgan fingerprint density at radius 3 is 2.67 bits per heavy atom. The number of likely N-dealkylation sites (N-methyl/N-ethyl adjacent to an activating group) is 1. The summed E-state index contributed by atoms with van der Waals surface area (Å²) < 4.78 is 0. The average Bonchev–Trinajstić information content (AvgIpc) is 2.40. The zero-order valence-electron chi connectivity index (χ0n) is 11.8. The fourth-order valence-corrected chi connectivity index (χ4v) is 3.15. The van der Waals surface area contributed by atoms with Crippen molar-refractivity contribution in [3.8, 4) is 0 Å². The summed E-state index contributed by atoms with van der Waals surface area (Å²) in [6, 6.07) is 1.02. The van der Waals surface area contributed by atoms with Crippen LogP contribution in [0.4, 0.5) is 0 Å². The van der Waals surface area contributed by atoms with Gasteiger partial charge in [0.05, 0.1) is 6.54 Å². The van der Waals surface area contributed by atoms with Crippen molar-refractivity contribution in [3.05, 3.63) is 0 Å². The minimum atomic E-state index is 0.322. The zero-order chi connectivity index (χ0) is 13.0. The Bertz CT molecular complexity index is 276. The van der Waals surface area contributed by atoms with Crippen LogP contribution in [0.5, 0.6) is 0 Å². The van der Waals surface area contributed by atoms with Crippen LogP contribution in [0.15, 0.2) is 0 Å². The molecular formula is C14H27N3O. The van der Waals surface area contributed by atoms with Gasteiger partial charge in [-0.3, -0.25) is 9.69 Å². The fraction of sp³-hybridized carbons (Fsp3) is 0.929. The van der Waals surface area contributed by atoms with Crippen molar-refractivity contribution in [2.45, 2.75) is 51.1 Å². The van der Waals surface area contributed by atoms with Crippen LogP contribution in [0.25, 0.3) is 0 Å². The third-order valence-corrected chi connectivity index (χ3v) is 4.44. The van der Waals surface area contributed by atoms with Gasteiger partial charge in [-0.25, -0.2) is 0 Å². The SMILES string of the molecule is CC1CCCCN1C(=O)CN(C)C1CCNCC1. The van der Waals surface area contributed by atoms with E-state index < -0.39 is 0 Å². The number of amides is 1. The van der Waals surface area contributed by atoms with Crippen LogP contribution < -0.4 is 5.32 Å². The predicted octanol–water partition coefficient (Wildman–Crippen LogP) is 1.07. The van der Waals surface area contributed by atoms with Crippen molar-refractivity contribution in [3.63, 3.8) is 0 Å². The molecule has 2 aliphatic rings. The molecule has 0 spiro atoms. The van der Waals surface area contributed by atoms with E-state index >= 15 is 0 Å². The maximum atomic E-state index is 12.3. The quantitative estimate of drug-likeness (QED) is 0.817. The Balaban J connectivity index is 1.81. The number of nitrogens with zero attached hydrogens (tertiary/aromatic N) is 2. The summed E-state index contributed by atoms with van der Waals surface area (Å²) in [7, 11) is 2.10. The molecule has 0 aliphatic carbocycles. The highest BCUT2D eigenvalue weighted by atomic mass is 16.2. The minimum absolute atomic E-state index is 0.322. The van der Waals surface area contributed by atoms with Gasteiger partial charge in [-0.1, -0.05) is 0 Å². The largest absolute Gasteiger partial charge is 0.339 e. The van der Waals surface area contributed by atoms with Gasteiger partial charge in [-0.15, -0.1) is 0 Å². The summed E-state index contributed by atoms with van der Waals surface area (Å²) in [5.74, 6) is 0.322. The van der Waals surface area contributed by atoms with E-state index in [4.69, 9.17) is 0 Å². The molecule has 0 bridgehead atoms. The van der Waals surface area contributed by atoms with Gasteiger partial charge in [-0.05, 0) is 59.2 Å². The number of hydrogen-bond donors (Lipinski definition) is 1. The normalized spacial score (nSPS) is 26.6. The summed E-state index contributed by atoms with van der Waals surface area (Å²) in [6.45, 7) is 5.91. The summed E-state index contributed by atoms with van der Waals surface area (Å²) in [5.41, 5.74) is 0. The van der Waals surface area contributed by atoms with E-state index in [2.05, 4.69) is 29.1 Å². The zero-order valence-corrected chi connectivity index (χ0v) is 11.8. The average molecular weight is 253 g/mol. The van der Waals surface area contributed by atoms with E-state index in [-0.39, 0.29) is 0 Å². The van der Waals surface area contributed by atoms with E-state index in [0.29, 0.717) is 24.5 Å². The molecule has 2 fully saturated rings. The molecule has 2 saturated heterocycles. The van der Waals surface area contributed by atoms with Gasteiger partial charge >= 0.3 is 0 Å². The Labute approximate surface area is 111 Å². The Kier molecular flexibility index (Phi) is 5.01. The maximum absolute atomic E-state index is 12.3. The number of carbonyl (C=O) groups is 1. The lowest BCUT2D eigenvalue weighted by molar-refractivity contribution is -0.136. The molecule has 1 N–H and O–H groups in total. The first-order chi connectivity index (χ1) is 8.68. The monoisotopic (exact) mass is 253 g/mol. The van der Waals surface area contributed by atoms with Crippen molar-refractivity contribution >= 4 is 5.91 Å². The number of piperidine rings is 2. The minimum Gasteiger partial charge on any atom is -0.339 e. The standard InChI is InChI=1S/C14H27N3O/c1-12-5-3-4-10-17(12)14(18)11-16(2)13-6-8-15-9-7-13/h12-13,15H,3-11H2,1-2H3. The van der Waals surface area contributed by atoms with Gasteiger partial charge < -0.3 is 10.2 Å². The highest BCUT2D eigenvalue weighted by Gasteiger charge is 2.26. The molecule has 0 aromatic heterocycles. The van der Waals surface area contributed by atoms with Gasteiger partial charge in [0.2, 0.25) is 5.91 Å². The third-order valence-electron chi connectivity index (χ3n) is 4.44. The number of carbonyl (C=O) groups excluding carboxylic acids is 1. The molecule has 4 nitrogen and oxygen atoms in total. The van der Waals surface area contributed by atoms with Crippen molar-refractivity contribution in [2.24, 2.45) is 0 Å². The first kappa shape index (κ1) is 13.8. The molecule has 4 heteroatoms. The van der Waals surface area contributed by atoms with Crippen LogP contribution in [0, 0.1) is 0 Å². The van der Waals surface area contributed by atoms with Gasteiger partial charge in [0, 0.05) is 18.6 Å². The van der Waals surface area contributed by atoms with Gasteiger partial charge in [0.1, 0.15) is 0 Å². The molecule has 0 aromatic rings. The summed E-state index contributed by atoms with van der Waals surface area (Å²) in [6.07, 6.45) is 5.95. The van der Waals surface area contributed by atoms with Crippen LogP contribution in [-0.2, 0) is 4.79 Å². The van der Waals surface area contributed by atoms with E-state index in [1.807, 2.05) is 0 Å². The van der Waals surface area contributed by atoms with Crippen LogP contribution in [0.2, 0.25) is 0 Å². The molecule has 1 atom stereocenters. The molecule has 2 aliphatic heterocycles. The number of rotatable bonds is 3. The van der Waals surface area contributed by atoms with Crippen LogP contribution in [0.3, 0.4) is 0 Å². The molecule has 2 rings (SSSR count). The molecule has 1 unspecified atom stereocenters. The Morgan fingerprint density at radius 1 is 1.28 bits per heavy atom. The summed E-state index contributed by atoms with van der Waals surface area (Å²) in [4.78, 5) is 16.7. The van der Waals surface area contributed by atoms with Crippen molar-refractivity contribution < 1.29 is 4.79 Å². The molecule has 104 valence electrons. The Hall–Kier alpha value is -0.610. The smallest absolute Gasteiger partial charge is 0.236 e. The van der Waals surface area contributed by atoms with Crippen molar-refractivity contribution in [1.29, 1.82) is 0 Å². The van der Waals surface area contributed by atoms with Crippen LogP contribution >= 0.6 is 0 Å². The molecule has 0 radical (unpaired) electrons. The van der Waals surface area contributed by atoms with Crippen molar-refractivity contribution in [2.75, 3.05) is 33.2 Å². The lowest BCUT2D eigenvalue weighted by Crippen LogP contribution is -2.49. The first-order valence-electron chi connectivity index (χ1n) is 7.39. The fourth-order valence-electron chi connectivity index (χ4n) is 3.15. The van der Waals surface area contributed by atoms with Crippen LogP contribution in [0.1, 0.15) is 39.0 Å². The van der Waals surface area contributed by atoms with Gasteiger partial charge in [0.25, 0.3) is 0 Å².